The quantitative estimate of drug-likeness (QED) is 0.838. The highest BCUT2D eigenvalue weighted by atomic mass is 32.2. The van der Waals surface area contributed by atoms with E-state index < -0.39 is 10.0 Å². The molecule has 5 heteroatoms. The van der Waals surface area contributed by atoms with Crippen LogP contribution in [0.25, 0.3) is 0 Å². The highest BCUT2D eigenvalue weighted by molar-refractivity contribution is 7.89. The van der Waals surface area contributed by atoms with Gasteiger partial charge in [0.25, 0.3) is 0 Å². The van der Waals surface area contributed by atoms with Crippen molar-refractivity contribution in [2.75, 3.05) is 13.1 Å². The average molecular weight is 296 g/mol. The lowest BCUT2D eigenvalue weighted by molar-refractivity contribution is 0.394. The smallest absolute Gasteiger partial charge is 0.217 e. The van der Waals surface area contributed by atoms with Crippen LogP contribution in [-0.4, -0.2) is 31.1 Å². The van der Waals surface area contributed by atoms with E-state index in [-0.39, 0.29) is 5.25 Å². The molecule has 0 heterocycles. The number of nitrogens with two attached hydrogens (primary N) is 1. The molecule has 1 aliphatic rings. The molecule has 2 N–H and O–H groups in total. The summed E-state index contributed by atoms with van der Waals surface area (Å²) in [5.74, 6) is 0. The van der Waals surface area contributed by atoms with Crippen LogP contribution in [0.1, 0.15) is 37.7 Å². The van der Waals surface area contributed by atoms with Crippen molar-refractivity contribution in [3.8, 4) is 0 Å². The predicted octanol–water partition coefficient (Wildman–Crippen LogP) is 2.11. The molecule has 1 fully saturated rings. The minimum Gasteiger partial charge on any atom is -0.330 e. The van der Waals surface area contributed by atoms with Crippen molar-refractivity contribution < 1.29 is 8.42 Å². The van der Waals surface area contributed by atoms with Crippen molar-refractivity contribution in [2.45, 2.75) is 43.9 Å². The maximum Gasteiger partial charge on any atom is 0.217 e. The molecule has 1 aliphatic carbocycles. The third-order valence-electron chi connectivity index (χ3n) is 3.90. The molecule has 4 nitrogen and oxygen atoms in total. The molecule has 2 rings (SSSR count). The van der Waals surface area contributed by atoms with Crippen molar-refractivity contribution in [3.05, 3.63) is 35.9 Å². The lowest BCUT2D eigenvalue weighted by Crippen LogP contribution is -2.38. The van der Waals surface area contributed by atoms with Crippen LogP contribution in [0, 0.1) is 0 Å². The molecule has 0 bridgehead atoms. The minimum absolute atomic E-state index is 0.191. The van der Waals surface area contributed by atoms with Crippen LogP contribution in [0.5, 0.6) is 0 Å². The Bertz CT molecular complexity index is 496. The Labute approximate surface area is 122 Å². The Morgan fingerprint density at radius 3 is 2.40 bits per heavy atom. The van der Waals surface area contributed by atoms with Crippen LogP contribution in [0.15, 0.2) is 30.3 Å². The lowest BCUT2D eigenvalue weighted by Gasteiger charge is -2.25. The Morgan fingerprint density at radius 2 is 1.80 bits per heavy atom. The molecule has 0 aliphatic heterocycles. The van der Waals surface area contributed by atoms with Gasteiger partial charge < -0.3 is 5.73 Å². The molecule has 0 aromatic heterocycles. The Balaban J connectivity index is 2.13. The standard InChI is InChI=1S/C15H24N2O2S/c16-11-6-12-17(13-14-7-2-1-3-8-14)20(18,19)15-9-4-5-10-15/h1-3,7-8,15H,4-6,9-13,16H2. The maximum absolute atomic E-state index is 12.7. The second kappa shape index (κ2) is 7.20. The van der Waals surface area contributed by atoms with Gasteiger partial charge in [-0.15, -0.1) is 0 Å². The van der Waals surface area contributed by atoms with Gasteiger partial charge in [-0.25, -0.2) is 8.42 Å². The Hall–Kier alpha value is -0.910. The summed E-state index contributed by atoms with van der Waals surface area (Å²) in [4.78, 5) is 0. The Morgan fingerprint density at radius 1 is 1.15 bits per heavy atom. The number of rotatable bonds is 7. The predicted molar refractivity (Wildman–Crippen MR) is 81.7 cm³/mol. The SMILES string of the molecule is NCCCN(Cc1ccccc1)S(=O)(=O)C1CCCC1. The van der Waals surface area contributed by atoms with E-state index in [0.717, 1.165) is 31.2 Å². The topological polar surface area (TPSA) is 63.4 Å². The van der Waals surface area contributed by atoms with E-state index in [1.165, 1.54) is 0 Å². The summed E-state index contributed by atoms with van der Waals surface area (Å²) in [5.41, 5.74) is 6.58. The molecule has 0 radical (unpaired) electrons. The van der Waals surface area contributed by atoms with Gasteiger partial charge in [0, 0.05) is 13.1 Å². The van der Waals surface area contributed by atoms with Crippen LogP contribution >= 0.6 is 0 Å². The second-order valence-corrected chi connectivity index (χ2v) is 7.63. The van der Waals surface area contributed by atoms with E-state index in [0.29, 0.717) is 26.1 Å². The molecule has 20 heavy (non-hydrogen) atoms. The minimum atomic E-state index is -3.19. The fraction of sp³-hybridized carbons (Fsp3) is 0.600. The number of benzene rings is 1. The summed E-state index contributed by atoms with van der Waals surface area (Å²) in [7, 11) is -3.19. The van der Waals surface area contributed by atoms with Gasteiger partial charge >= 0.3 is 0 Å². The monoisotopic (exact) mass is 296 g/mol. The summed E-state index contributed by atoms with van der Waals surface area (Å²) in [5, 5.41) is -0.191. The zero-order valence-electron chi connectivity index (χ0n) is 11.9. The van der Waals surface area contributed by atoms with Crippen LogP contribution < -0.4 is 5.73 Å². The molecular formula is C15H24N2O2S. The first-order valence-electron chi connectivity index (χ1n) is 7.37. The summed E-state index contributed by atoms with van der Waals surface area (Å²) in [6, 6.07) is 9.77. The molecule has 0 saturated heterocycles. The summed E-state index contributed by atoms with van der Waals surface area (Å²) in [6.45, 7) is 1.50. The van der Waals surface area contributed by atoms with Gasteiger partial charge in [0.15, 0.2) is 0 Å². The first-order chi connectivity index (χ1) is 9.64. The molecule has 1 aromatic carbocycles. The van der Waals surface area contributed by atoms with E-state index in [2.05, 4.69) is 0 Å². The second-order valence-electron chi connectivity index (χ2n) is 5.41. The van der Waals surface area contributed by atoms with E-state index in [9.17, 15) is 8.42 Å². The van der Waals surface area contributed by atoms with Gasteiger partial charge in [-0.2, -0.15) is 4.31 Å². The summed E-state index contributed by atoms with van der Waals surface area (Å²) >= 11 is 0. The van der Waals surface area contributed by atoms with Crippen LogP contribution in [-0.2, 0) is 16.6 Å². The van der Waals surface area contributed by atoms with E-state index in [1.807, 2.05) is 30.3 Å². The van der Waals surface area contributed by atoms with Crippen molar-refractivity contribution in [1.82, 2.24) is 4.31 Å². The first kappa shape index (κ1) is 15.5. The summed E-state index contributed by atoms with van der Waals surface area (Å²) < 4.78 is 27.1. The zero-order valence-corrected chi connectivity index (χ0v) is 12.7. The van der Waals surface area contributed by atoms with Crippen LogP contribution in [0.3, 0.4) is 0 Å². The highest BCUT2D eigenvalue weighted by Gasteiger charge is 2.33. The van der Waals surface area contributed by atoms with E-state index in [1.54, 1.807) is 4.31 Å². The van der Waals surface area contributed by atoms with Gasteiger partial charge in [0.1, 0.15) is 0 Å². The third kappa shape index (κ3) is 3.81. The Kier molecular flexibility index (Phi) is 5.57. The third-order valence-corrected chi connectivity index (χ3v) is 6.24. The lowest BCUT2D eigenvalue weighted by atomic mass is 10.2. The fourth-order valence-electron chi connectivity index (χ4n) is 2.75. The van der Waals surface area contributed by atoms with Gasteiger partial charge in [-0.1, -0.05) is 43.2 Å². The molecule has 0 atom stereocenters. The van der Waals surface area contributed by atoms with Crippen LogP contribution in [0.4, 0.5) is 0 Å². The maximum atomic E-state index is 12.7. The number of hydrogen-bond donors (Lipinski definition) is 1. The normalized spacial score (nSPS) is 16.9. The molecule has 0 spiro atoms. The molecule has 1 saturated carbocycles. The van der Waals surface area contributed by atoms with E-state index in [4.69, 9.17) is 5.73 Å². The van der Waals surface area contributed by atoms with Gasteiger partial charge in [0.05, 0.1) is 5.25 Å². The van der Waals surface area contributed by atoms with Crippen molar-refractivity contribution in [3.63, 3.8) is 0 Å². The highest BCUT2D eigenvalue weighted by Crippen LogP contribution is 2.28. The average Bonchev–Trinajstić information content (AvgIpc) is 2.99. The van der Waals surface area contributed by atoms with Crippen LogP contribution in [0.2, 0.25) is 0 Å². The number of sulfonamides is 1. The fourth-order valence-corrected chi connectivity index (χ4v) is 4.81. The molecule has 1 aromatic rings. The molecule has 0 unspecified atom stereocenters. The van der Waals surface area contributed by atoms with Gasteiger partial charge in [-0.05, 0) is 31.4 Å². The molecular weight excluding hydrogens is 272 g/mol. The van der Waals surface area contributed by atoms with Crippen molar-refractivity contribution in [1.29, 1.82) is 0 Å². The molecule has 112 valence electrons. The van der Waals surface area contributed by atoms with E-state index >= 15 is 0 Å². The molecule has 0 amide bonds. The summed E-state index contributed by atoms with van der Waals surface area (Å²) in [6.07, 6.45) is 4.37. The van der Waals surface area contributed by atoms with Gasteiger partial charge in [0.2, 0.25) is 10.0 Å². The van der Waals surface area contributed by atoms with Crippen molar-refractivity contribution in [2.24, 2.45) is 5.73 Å². The van der Waals surface area contributed by atoms with Crippen molar-refractivity contribution >= 4 is 10.0 Å². The first-order valence-corrected chi connectivity index (χ1v) is 8.88. The number of nitrogens with zero attached hydrogens (tertiary/aromatic N) is 1. The van der Waals surface area contributed by atoms with Gasteiger partial charge in [-0.3, -0.25) is 0 Å². The number of hydrogen-bond acceptors (Lipinski definition) is 3. The largest absolute Gasteiger partial charge is 0.330 e. The zero-order chi connectivity index (χ0) is 14.4.